The van der Waals surface area contributed by atoms with Gasteiger partial charge in [-0.2, -0.15) is 0 Å². The number of hydrogen-bond acceptors (Lipinski definition) is 1. The lowest BCUT2D eigenvalue weighted by Gasteiger charge is -2.23. The topological polar surface area (TPSA) is 9.86 Å². The number of nitrogens with zero attached hydrogens (tertiary/aromatic N) is 2. The summed E-state index contributed by atoms with van der Waals surface area (Å²) in [5.41, 5.74) is 15.1. The van der Waals surface area contributed by atoms with Crippen LogP contribution in [0, 0.1) is 0 Å². The number of para-hydroxylation sites is 3. The van der Waals surface area contributed by atoms with E-state index in [1.54, 1.807) is 0 Å². The van der Waals surface area contributed by atoms with Gasteiger partial charge in [0.1, 0.15) is 0 Å². The molecule has 1 aliphatic rings. The lowest BCUT2D eigenvalue weighted by Crippen LogP contribution is -2.15. The SMILES string of the molecule is CC1(C)c2ccccc2-c2c1c1c3ccccc3n(-c3ccccc3)c1c1c3ccccc3n(-c3ccc(-c4cccc5c4sc4ccccc45)cc3)c21. The monoisotopic (exact) mass is 706 g/mol. The molecular weight excluding hydrogens is 673 g/mol. The normalized spacial score (nSPS) is 13.5. The third kappa shape index (κ3) is 3.84. The first-order valence-corrected chi connectivity index (χ1v) is 19.6. The molecule has 0 fully saturated rings. The predicted molar refractivity (Wildman–Crippen MR) is 231 cm³/mol. The minimum Gasteiger partial charge on any atom is -0.309 e. The van der Waals surface area contributed by atoms with Gasteiger partial charge in [0.25, 0.3) is 0 Å². The zero-order chi connectivity index (χ0) is 35.7. The first-order valence-electron chi connectivity index (χ1n) is 18.8. The molecule has 0 bridgehead atoms. The molecule has 8 aromatic carbocycles. The van der Waals surface area contributed by atoms with Gasteiger partial charge in [0.05, 0.1) is 22.1 Å². The van der Waals surface area contributed by atoms with Crippen LogP contribution in [0.4, 0.5) is 0 Å². The van der Waals surface area contributed by atoms with Gasteiger partial charge < -0.3 is 9.13 Å². The Morgan fingerprint density at radius 1 is 0.444 bits per heavy atom. The van der Waals surface area contributed by atoms with Gasteiger partial charge in [0.15, 0.2) is 0 Å². The fourth-order valence-corrected chi connectivity index (χ4v) is 11.1. The lowest BCUT2D eigenvalue weighted by molar-refractivity contribution is 0.667. The number of fused-ring (bicyclic) bond motifs is 15. The van der Waals surface area contributed by atoms with E-state index in [1.165, 1.54) is 109 Å². The molecule has 1 aliphatic carbocycles. The summed E-state index contributed by atoms with van der Waals surface area (Å²) in [4.78, 5) is 0. The molecular formula is C51H34N2S. The van der Waals surface area contributed by atoms with E-state index in [0.717, 1.165) is 0 Å². The average molecular weight is 707 g/mol. The van der Waals surface area contributed by atoms with E-state index in [0.29, 0.717) is 0 Å². The molecule has 54 heavy (non-hydrogen) atoms. The molecule has 12 rings (SSSR count). The number of thiophene rings is 1. The molecule has 2 nitrogen and oxygen atoms in total. The Morgan fingerprint density at radius 3 is 1.80 bits per heavy atom. The lowest BCUT2D eigenvalue weighted by atomic mass is 9.80. The van der Waals surface area contributed by atoms with Crippen molar-refractivity contribution in [3.05, 3.63) is 181 Å². The molecule has 0 atom stereocenters. The zero-order valence-electron chi connectivity index (χ0n) is 30.0. The zero-order valence-corrected chi connectivity index (χ0v) is 30.8. The van der Waals surface area contributed by atoms with Crippen LogP contribution in [0.2, 0.25) is 0 Å². The second kappa shape index (κ2) is 10.8. The molecule has 11 aromatic rings. The van der Waals surface area contributed by atoms with Crippen molar-refractivity contribution in [1.29, 1.82) is 0 Å². The van der Waals surface area contributed by atoms with Gasteiger partial charge >= 0.3 is 0 Å². The summed E-state index contributed by atoms with van der Waals surface area (Å²) < 4.78 is 7.75. The molecule has 0 spiro atoms. The maximum Gasteiger partial charge on any atom is 0.0644 e. The van der Waals surface area contributed by atoms with Crippen LogP contribution in [0.3, 0.4) is 0 Å². The van der Waals surface area contributed by atoms with Crippen molar-refractivity contribution in [1.82, 2.24) is 9.13 Å². The summed E-state index contributed by atoms with van der Waals surface area (Å²) in [5.74, 6) is 0. The molecule has 0 aliphatic heterocycles. The molecule has 0 unspecified atom stereocenters. The van der Waals surface area contributed by atoms with Gasteiger partial charge in [-0.15, -0.1) is 11.3 Å². The van der Waals surface area contributed by atoms with Crippen molar-refractivity contribution in [3.63, 3.8) is 0 Å². The van der Waals surface area contributed by atoms with Crippen LogP contribution < -0.4 is 0 Å². The molecule has 3 aromatic heterocycles. The Labute approximate surface area is 316 Å². The molecule has 3 heteroatoms. The highest BCUT2D eigenvalue weighted by Crippen LogP contribution is 2.58. The summed E-state index contributed by atoms with van der Waals surface area (Å²) in [6.07, 6.45) is 0. The van der Waals surface area contributed by atoms with Crippen LogP contribution in [0.1, 0.15) is 25.0 Å². The number of rotatable bonds is 3. The Morgan fingerprint density at radius 2 is 1.02 bits per heavy atom. The molecule has 3 heterocycles. The minimum absolute atomic E-state index is 0.210. The molecule has 0 saturated heterocycles. The van der Waals surface area contributed by atoms with Crippen LogP contribution >= 0.6 is 11.3 Å². The van der Waals surface area contributed by atoms with Gasteiger partial charge in [0.2, 0.25) is 0 Å². The van der Waals surface area contributed by atoms with Crippen LogP contribution in [-0.2, 0) is 5.41 Å². The standard InChI is InChI=1S/C51H34N2S/c1-51(2)40-23-10-6-18-37(40)44-47(51)45-38-19-7-11-24-41(38)52(32-15-4-3-5-16-32)49(45)46-39-20-8-12-25-42(39)53(48(44)46)33-29-27-31(28-30-33)34-21-14-22-36-35-17-9-13-26-43(35)54-50(34)36/h3-30H,1-2H3. The van der Waals surface area contributed by atoms with Crippen LogP contribution in [0.15, 0.2) is 170 Å². The third-order valence-electron chi connectivity index (χ3n) is 12.1. The minimum atomic E-state index is -0.210. The second-order valence-corrected chi connectivity index (χ2v) is 16.3. The van der Waals surface area contributed by atoms with Gasteiger partial charge in [-0.3, -0.25) is 0 Å². The first kappa shape index (κ1) is 30.1. The van der Waals surface area contributed by atoms with Gasteiger partial charge in [-0.1, -0.05) is 141 Å². The Hall–Kier alpha value is -6.42. The van der Waals surface area contributed by atoms with Gasteiger partial charge in [0, 0.05) is 64.1 Å². The van der Waals surface area contributed by atoms with Crippen molar-refractivity contribution in [3.8, 4) is 33.6 Å². The van der Waals surface area contributed by atoms with Crippen LogP contribution in [0.25, 0.3) is 97.4 Å². The number of hydrogen-bond donors (Lipinski definition) is 0. The first-order chi connectivity index (χ1) is 26.6. The predicted octanol–water partition coefficient (Wildman–Crippen LogP) is 14.2. The Kier molecular flexibility index (Phi) is 6.03. The van der Waals surface area contributed by atoms with E-state index >= 15 is 0 Å². The highest BCUT2D eigenvalue weighted by Gasteiger charge is 2.41. The molecule has 254 valence electrons. The molecule has 0 saturated carbocycles. The number of aromatic nitrogens is 2. The van der Waals surface area contributed by atoms with E-state index in [4.69, 9.17) is 0 Å². The van der Waals surface area contributed by atoms with E-state index in [2.05, 4.69) is 193 Å². The molecule has 0 radical (unpaired) electrons. The van der Waals surface area contributed by atoms with Crippen LogP contribution in [-0.4, -0.2) is 9.13 Å². The van der Waals surface area contributed by atoms with E-state index in [1.807, 2.05) is 11.3 Å². The van der Waals surface area contributed by atoms with Crippen molar-refractivity contribution in [2.75, 3.05) is 0 Å². The summed E-state index contributed by atoms with van der Waals surface area (Å²) in [5, 5.41) is 7.87. The summed E-state index contributed by atoms with van der Waals surface area (Å²) in [6.45, 7) is 4.85. The Balaban J connectivity index is 1.23. The average Bonchev–Trinajstić information content (AvgIpc) is 3.94. The fourth-order valence-electron chi connectivity index (χ4n) is 9.84. The molecule has 0 N–H and O–H groups in total. The van der Waals surface area contributed by atoms with Crippen LogP contribution in [0.5, 0.6) is 0 Å². The third-order valence-corrected chi connectivity index (χ3v) is 13.3. The maximum atomic E-state index is 2.55. The highest BCUT2D eigenvalue weighted by atomic mass is 32.1. The number of benzene rings is 8. The second-order valence-electron chi connectivity index (χ2n) is 15.2. The maximum absolute atomic E-state index is 2.55. The molecule has 0 amide bonds. The van der Waals surface area contributed by atoms with Gasteiger partial charge in [-0.05, 0) is 70.3 Å². The smallest absolute Gasteiger partial charge is 0.0644 e. The van der Waals surface area contributed by atoms with E-state index < -0.39 is 0 Å². The van der Waals surface area contributed by atoms with E-state index in [-0.39, 0.29) is 5.41 Å². The fraction of sp³-hybridized carbons (Fsp3) is 0.0588. The van der Waals surface area contributed by atoms with Crippen molar-refractivity contribution >= 4 is 75.1 Å². The van der Waals surface area contributed by atoms with Crippen molar-refractivity contribution < 1.29 is 0 Å². The highest BCUT2D eigenvalue weighted by molar-refractivity contribution is 7.26. The quantitative estimate of drug-likeness (QED) is 0.173. The van der Waals surface area contributed by atoms with Crippen molar-refractivity contribution in [2.45, 2.75) is 19.3 Å². The van der Waals surface area contributed by atoms with Crippen molar-refractivity contribution in [2.24, 2.45) is 0 Å². The summed E-state index contributed by atoms with van der Waals surface area (Å²) in [6, 6.07) is 62.9. The summed E-state index contributed by atoms with van der Waals surface area (Å²) >= 11 is 1.89. The van der Waals surface area contributed by atoms with Gasteiger partial charge in [-0.25, -0.2) is 0 Å². The Bertz CT molecular complexity index is 3340. The summed E-state index contributed by atoms with van der Waals surface area (Å²) in [7, 11) is 0. The van der Waals surface area contributed by atoms with E-state index in [9.17, 15) is 0 Å². The largest absolute Gasteiger partial charge is 0.309 e.